The van der Waals surface area contributed by atoms with E-state index in [1.165, 1.54) is 0 Å². The minimum atomic E-state index is -0.0823. The Balaban J connectivity index is 1.75. The van der Waals surface area contributed by atoms with Crippen molar-refractivity contribution in [1.82, 2.24) is 5.32 Å². The highest BCUT2D eigenvalue weighted by atomic mass is 16.3. The minimum absolute atomic E-state index is 0.0121. The molecule has 0 spiro atoms. The van der Waals surface area contributed by atoms with Gasteiger partial charge in [0.25, 0.3) is 0 Å². The Morgan fingerprint density at radius 2 is 2.10 bits per heavy atom. The maximum atomic E-state index is 12.0. The van der Waals surface area contributed by atoms with Crippen molar-refractivity contribution in [2.24, 2.45) is 11.7 Å². The summed E-state index contributed by atoms with van der Waals surface area (Å²) in [5, 5.41) is 12.3. The number of hydrogen-bond acceptors (Lipinski definition) is 3. The van der Waals surface area contributed by atoms with Gasteiger partial charge in [-0.15, -0.1) is 0 Å². The Hall–Kier alpha value is -1.81. The summed E-state index contributed by atoms with van der Waals surface area (Å²) in [4.78, 5) is 12.0. The molecule has 4 N–H and O–H groups in total. The molecule has 1 aromatic carbocycles. The number of nitrogens with two attached hydrogens (primary N) is 1. The van der Waals surface area contributed by atoms with Crippen LogP contribution in [0.25, 0.3) is 0 Å². The van der Waals surface area contributed by atoms with Crippen molar-refractivity contribution in [3.8, 4) is 5.75 Å². The average Bonchev–Trinajstić information content (AvgIpc) is 2.85. The second-order valence-corrected chi connectivity index (χ2v) is 5.51. The number of benzene rings is 1. The second-order valence-electron chi connectivity index (χ2n) is 5.51. The third-order valence-corrected chi connectivity index (χ3v) is 3.64. The molecule has 1 aromatic rings. The number of hydrogen-bond donors (Lipinski definition) is 3. The predicted molar refractivity (Wildman–Crippen MR) is 79.3 cm³/mol. The number of phenolic OH excluding ortho intramolecular Hbond substituents is 1. The summed E-state index contributed by atoms with van der Waals surface area (Å²) in [6.45, 7) is 2.01. The molecular formula is C16H22N2O2. The van der Waals surface area contributed by atoms with E-state index in [1.54, 1.807) is 12.1 Å². The summed E-state index contributed by atoms with van der Waals surface area (Å²) in [6.07, 6.45) is 6.25. The Kier molecular flexibility index (Phi) is 4.79. The molecule has 0 aromatic heterocycles. The predicted octanol–water partition coefficient (Wildman–Crippen LogP) is 1.73. The molecule has 20 heavy (non-hydrogen) atoms. The van der Waals surface area contributed by atoms with Crippen molar-refractivity contribution < 1.29 is 9.90 Å². The van der Waals surface area contributed by atoms with Gasteiger partial charge in [0.2, 0.25) is 5.91 Å². The number of amides is 1. The lowest BCUT2D eigenvalue weighted by molar-refractivity contribution is -0.124. The van der Waals surface area contributed by atoms with Crippen molar-refractivity contribution in [2.75, 3.05) is 0 Å². The first-order valence-electron chi connectivity index (χ1n) is 7.07. The van der Waals surface area contributed by atoms with Crippen molar-refractivity contribution in [3.05, 3.63) is 42.0 Å². The first-order valence-corrected chi connectivity index (χ1v) is 7.07. The van der Waals surface area contributed by atoms with E-state index in [1.807, 2.05) is 31.2 Å². The normalized spacial score (nSPS) is 22.7. The molecule has 4 nitrogen and oxygen atoms in total. The molecule has 0 saturated heterocycles. The number of carbonyl (C=O) groups excluding carboxylic acids is 1. The molecule has 3 unspecified atom stereocenters. The van der Waals surface area contributed by atoms with Gasteiger partial charge in [-0.25, -0.2) is 0 Å². The third-order valence-electron chi connectivity index (χ3n) is 3.64. The highest BCUT2D eigenvalue weighted by molar-refractivity contribution is 5.81. The Labute approximate surface area is 119 Å². The fourth-order valence-corrected chi connectivity index (χ4v) is 2.39. The molecule has 0 bridgehead atoms. The first-order chi connectivity index (χ1) is 9.54. The number of aryl methyl sites for hydroxylation is 1. The summed E-state index contributed by atoms with van der Waals surface area (Å²) in [7, 11) is 0. The zero-order chi connectivity index (χ0) is 14.5. The maximum Gasteiger partial charge on any atom is 0.227 e. The molecular weight excluding hydrogens is 252 g/mol. The molecule has 0 aliphatic heterocycles. The van der Waals surface area contributed by atoms with Crippen LogP contribution in [0.5, 0.6) is 5.75 Å². The average molecular weight is 274 g/mol. The number of rotatable bonds is 5. The Bertz CT molecular complexity index is 482. The lowest BCUT2D eigenvalue weighted by Gasteiger charge is -2.17. The van der Waals surface area contributed by atoms with Crippen LogP contribution in [0, 0.1) is 5.92 Å². The van der Waals surface area contributed by atoms with Gasteiger partial charge in [0.1, 0.15) is 5.75 Å². The van der Waals surface area contributed by atoms with Gasteiger partial charge >= 0.3 is 0 Å². The third kappa shape index (κ3) is 4.10. The maximum absolute atomic E-state index is 12.0. The van der Waals surface area contributed by atoms with E-state index in [0.717, 1.165) is 18.4 Å². The summed E-state index contributed by atoms with van der Waals surface area (Å²) < 4.78 is 0. The van der Waals surface area contributed by atoms with Crippen LogP contribution in [0.2, 0.25) is 0 Å². The van der Waals surface area contributed by atoms with Crippen molar-refractivity contribution in [3.63, 3.8) is 0 Å². The van der Waals surface area contributed by atoms with Gasteiger partial charge in [0.05, 0.1) is 5.92 Å². The van der Waals surface area contributed by atoms with Crippen molar-refractivity contribution >= 4 is 5.91 Å². The molecule has 0 radical (unpaired) electrons. The standard InChI is InChI=1S/C16H22N2O2/c1-11(2-3-12-4-8-15(19)9-5-12)18-16(20)13-6-7-14(17)10-13/h4-9,11,13-14,19H,2-3,10,17H2,1H3,(H,18,20). The lowest BCUT2D eigenvalue weighted by Crippen LogP contribution is -2.37. The summed E-state index contributed by atoms with van der Waals surface area (Å²) in [5.41, 5.74) is 6.91. The Morgan fingerprint density at radius 1 is 1.40 bits per heavy atom. The van der Waals surface area contributed by atoms with Gasteiger partial charge in [-0.2, -0.15) is 0 Å². The van der Waals surface area contributed by atoms with Gasteiger partial charge in [0.15, 0.2) is 0 Å². The van der Waals surface area contributed by atoms with Crippen LogP contribution in [0.4, 0.5) is 0 Å². The fraction of sp³-hybridized carbons (Fsp3) is 0.438. The fourth-order valence-electron chi connectivity index (χ4n) is 2.39. The van der Waals surface area contributed by atoms with Crippen molar-refractivity contribution in [1.29, 1.82) is 0 Å². The molecule has 1 amide bonds. The lowest BCUT2D eigenvalue weighted by atomic mass is 10.0. The van der Waals surface area contributed by atoms with Crippen molar-refractivity contribution in [2.45, 2.75) is 38.3 Å². The van der Waals surface area contributed by atoms with Gasteiger partial charge in [-0.05, 0) is 43.9 Å². The van der Waals surface area contributed by atoms with Crippen LogP contribution < -0.4 is 11.1 Å². The molecule has 1 aliphatic rings. The highest BCUT2D eigenvalue weighted by Gasteiger charge is 2.23. The number of carbonyl (C=O) groups is 1. The number of phenols is 1. The molecule has 4 heteroatoms. The summed E-state index contributed by atoms with van der Waals surface area (Å²) in [5.74, 6) is 0.257. The Morgan fingerprint density at radius 3 is 2.70 bits per heavy atom. The van der Waals surface area contributed by atoms with Crippen LogP contribution in [0.3, 0.4) is 0 Å². The van der Waals surface area contributed by atoms with E-state index in [-0.39, 0.29) is 29.7 Å². The quantitative estimate of drug-likeness (QED) is 0.716. The van der Waals surface area contributed by atoms with E-state index >= 15 is 0 Å². The van der Waals surface area contributed by atoms with E-state index in [0.29, 0.717) is 6.42 Å². The minimum Gasteiger partial charge on any atom is -0.508 e. The van der Waals surface area contributed by atoms with Crippen LogP contribution in [-0.4, -0.2) is 23.1 Å². The molecule has 0 fully saturated rings. The van der Waals surface area contributed by atoms with Gasteiger partial charge in [-0.1, -0.05) is 24.3 Å². The first kappa shape index (κ1) is 14.6. The zero-order valence-corrected chi connectivity index (χ0v) is 11.8. The van der Waals surface area contributed by atoms with Crippen LogP contribution in [0.1, 0.15) is 25.3 Å². The SMILES string of the molecule is CC(CCc1ccc(O)cc1)NC(=O)C1C=CC(N)C1. The van der Waals surface area contributed by atoms with Crippen LogP contribution in [0.15, 0.2) is 36.4 Å². The molecule has 3 atom stereocenters. The van der Waals surface area contributed by atoms with E-state index in [9.17, 15) is 9.90 Å². The molecule has 2 rings (SSSR count). The van der Waals surface area contributed by atoms with E-state index < -0.39 is 0 Å². The number of nitrogens with one attached hydrogen (secondary N) is 1. The second kappa shape index (κ2) is 6.57. The monoisotopic (exact) mass is 274 g/mol. The van der Waals surface area contributed by atoms with Crippen LogP contribution in [-0.2, 0) is 11.2 Å². The molecule has 0 saturated carbocycles. The number of aromatic hydroxyl groups is 1. The van der Waals surface area contributed by atoms with E-state index in [4.69, 9.17) is 5.73 Å². The topological polar surface area (TPSA) is 75.3 Å². The van der Waals surface area contributed by atoms with Gasteiger partial charge in [0, 0.05) is 12.1 Å². The largest absolute Gasteiger partial charge is 0.508 e. The molecule has 1 aliphatic carbocycles. The van der Waals surface area contributed by atoms with Gasteiger partial charge in [-0.3, -0.25) is 4.79 Å². The smallest absolute Gasteiger partial charge is 0.227 e. The summed E-state index contributed by atoms with van der Waals surface area (Å²) in [6, 6.07) is 7.32. The van der Waals surface area contributed by atoms with Gasteiger partial charge < -0.3 is 16.2 Å². The van der Waals surface area contributed by atoms with Crippen LogP contribution >= 0.6 is 0 Å². The summed E-state index contributed by atoms with van der Waals surface area (Å²) >= 11 is 0. The zero-order valence-electron chi connectivity index (χ0n) is 11.8. The van der Waals surface area contributed by atoms with E-state index in [2.05, 4.69) is 5.32 Å². The molecule has 108 valence electrons. The molecule has 0 heterocycles. The highest BCUT2D eigenvalue weighted by Crippen LogP contribution is 2.17.